The molecule has 76 heavy (non-hydrogen) atoms. The summed E-state index contributed by atoms with van der Waals surface area (Å²) >= 11 is 0. The zero-order valence-corrected chi connectivity index (χ0v) is 50.0. The second-order valence-corrected chi connectivity index (χ2v) is 21.1. The van der Waals surface area contributed by atoms with Gasteiger partial charge in [0.15, 0.2) is 0 Å². The SMILES string of the molecule is C=CCCCCCN(CC(O)CCCC(=C)OCCCCC)CC(O)CCCC(=C)OCCCCC.CCCCCCCCC(O)CN(CCCCC(NC)C(=O)NC)CC(O)CCCC(=O)CCCCCC.O=CO. The average molecular weight is 1080 g/mol. The topological polar surface area (TPSA) is 201 Å². The molecule has 0 radical (unpaired) electrons. The summed E-state index contributed by atoms with van der Waals surface area (Å²) in [5, 5.41) is 55.3. The highest BCUT2D eigenvalue weighted by Crippen LogP contribution is 2.17. The molecule has 0 aliphatic carbocycles. The van der Waals surface area contributed by atoms with E-state index < -0.39 is 18.3 Å². The Morgan fingerprint density at radius 1 is 0.500 bits per heavy atom. The van der Waals surface area contributed by atoms with E-state index >= 15 is 0 Å². The fourth-order valence-electron chi connectivity index (χ4n) is 9.06. The molecule has 7 N–H and O–H groups in total. The molecule has 0 rings (SSSR count). The molecule has 0 bridgehead atoms. The van der Waals surface area contributed by atoms with E-state index in [0.29, 0.717) is 51.2 Å². The number of nitrogens with one attached hydrogen (secondary N) is 2. The summed E-state index contributed by atoms with van der Waals surface area (Å²) in [6.07, 6.45) is 33.9. The molecule has 0 aliphatic rings. The highest BCUT2D eigenvalue weighted by Gasteiger charge is 2.19. The number of rotatable bonds is 55. The first-order chi connectivity index (χ1) is 36.7. The number of amides is 1. The van der Waals surface area contributed by atoms with Gasteiger partial charge in [0.2, 0.25) is 5.91 Å². The van der Waals surface area contributed by atoms with Crippen LogP contribution in [0.15, 0.2) is 37.3 Å². The number of aliphatic hydroxyl groups is 4. The van der Waals surface area contributed by atoms with E-state index in [-0.39, 0.29) is 24.5 Å². The van der Waals surface area contributed by atoms with Crippen LogP contribution in [0.4, 0.5) is 0 Å². The number of carbonyl (C=O) groups excluding carboxylic acids is 2. The number of allylic oxidation sites excluding steroid dienone is 3. The van der Waals surface area contributed by atoms with Gasteiger partial charge in [-0.2, -0.15) is 0 Å². The molecule has 0 saturated carbocycles. The highest BCUT2D eigenvalue weighted by atomic mass is 16.5. The number of Topliss-reactive ketones (excluding diaryl/α,β-unsaturated/α-hetero) is 1. The molecule has 14 nitrogen and oxygen atoms in total. The quantitative estimate of drug-likeness (QED) is 0.0131. The summed E-state index contributed by atoms with van der Waals surface area (Å²) < 4.78 is 11.4. The Morgan fingerprint density at radius 3 is 1.29 bits per heavy atom. The zero-order valence-electron chi connectivity index (χ0n) is 50.0. The van der Waals surface area contributed by atoms with Crippen LogP contribution in [0, 0.1) is 0 Å². The van der Waals surface area contributed by atoms with Crippen LogP contribution in [-0.4, -0.2) is 151 Å². The Bertz CT molecular complexity index is 1290. The summed E-state index contributed by atoms with van der Waals surface area (Å²) in [7, 11) is 3.46. The number of ether oxygens (including phenoxy) is 2. The van der Waals surface area contributed by atoms with Gasteiger partial charge in [0, 0.05) is 58.9 Å². The summed E-state index contributed by atoms with van der Waals surface area (Å²) in [4.78, 5) is 36.8. The van der Waals surface area contributed by atoms with Gasteiger partial charge >= 0.3 is 0 Å². The van der Waals surface area contributed by atoms with Crippen LogP contribution in [0.1, 0.15) is 246 Å². The third-order valence-electron chi connectivity index (χ3n) is 13.7. The molecular weight excluding hydrogens is 961 g/mol. The Kier molecular flexibility index (Phi) is 60.9. The van der Waals surface area contributed by atoms with Gasteiger partial charge in [0.05, 0.1) is 55.2 Å². The van der Waals surface area contributed by atoms with Crippen molar-refractivity contribution in [1.29, 1.82) is 0 Å². The standard InChI is InChI=1S/C31H59NO4.C30H61N3O4.CH2O2/c1-6-9-12-13-14-23-32(26-30(33)21-17-19-28(4)35-24-15-10-7-2)27-31(34)22-18-20-29(5)36-25-16-11-8-3;1-5-7-9-11-12-14-19-27(35)24-33(23-16-15-22-29(31-3)30(37)32-4)25-28(36)21-17-20-26(34)18-13-10-8-6-2;2-1-3/h6,30-31,33-34H,1,4-5,7-27H2,2-3H3;27-29,31,35-36H,5-25H2,1-4H3,(H,32,37);1H,(H,2,3). The smallest absolute Gasteiger partial charge is 0.290 e. The molecule has 0 aromatic rings. The first kappa shape index (κ1) is 77.4. The normalized spacial score (nSPS) is 13.1. The van der Waals surface area contributed by atoms with Crippen LogP contribution >= 0.6 is 0 Å². The third-order valence-corrected chi connectivity index (χ3v) is 13.7. The van der Waals surface area contributed by atoms with Crippen LogP contribution < -0.4 is 10.6 Å². The van der Waals surface area contributed by atoms with E-state index in [1.165, 1.54) is 64.2 Å². The monoisotopic (exact) mass is 1080 g/mol. The second kappa shape index (κ2) is 59.8. The lowest BCUT2D eigenvalue weighted by Crippen LogP contribution is -2.41. The van der Waals surface area contributed by atoms with Gasteiger partial charge in [0.1, 0.15) is 5.78 Å². The van der Waals surface area contributed by atoms with Gasteiger partial charge in [-0.05, 0) is 116 Å². The van der Waals surface area contributed by atoms with Gasteiger partial charge in [-0.15, -0.1) is 6.58 Å². The molecule has 0 saturated heterocycles. The maximum absolute atomic E-state index is 12.1. The Balaban J connectivity index is -0.00000133. The average Bonchev–Trinajstić information content (AvgIpc) is 3.39. The lowest BCUT2D eigenvalue weighted by atomic mass is 10.0. The number of nitrogens with zero attached hydrogens (tertiary/aromatic N) is 2. The Hall–Kier alpha value is -2.85. The number of likely N-dealkylation sites (N-methyl/N-ethyl adjacent to an activating group) is 2. The molecule has 0 aromatic heterocycles. The molecule has 5 atom stereocenters. The molecular formula is C62H122N4O10. The molecule has 14 heteroatoms. The van der Waals surface area contributed by atoms with Gasteiger partial charge in [0.25, 0.3) is 6.47 Å². The summed E-state index contributed by atoms with van der Waals surface area (Å²) in [6.45, 7) is 25.7. The van der Waals surface area contributed by atoms with E-state index in [1.807, 2.05) is 6.08 Å². The van der Waals surface area contributed by atoms with Crippen LogP contribution in [0.3, 0.4) is 0 Å². The predicted octanol–water partition coefficient (Wildman–Crippen LogP) is 12.2. The summed E-state index contributed by atoms with van der Waals surface area (Å²) in [5.41, 5.74) is 0. The largest absolute Gasteiger partial charge is 0.499 e. The maximum Gasteiger partial charge on any atom is 0.290 e. The number of hydrogen-bond donors (Lipinski definition) is 7. The Labute approximate surface area is 466 Å². The number of carboxylic acid groups (broad SMARTS) is 1. The fraction of sp³-hybridized carbons (Fsp3) is 0.855. The predicted molar refractivity (Wildman–Crippen MR) is 318 cm³/mol. The fourth-order valence-corrected chi connectivity index (χ4v) is 9.06. The van der Waals surface area contributed by atoms with Crippen molar-refractivity contribution in [2.75, 3.05) is 66.6 Å². The van der Waals surface area contributed by atoms with Gasteiger partial charge in [-0.3, -0.25) is 24.2 Å². The molecule has 0 fully saturated rings. The minimum Gasteiger partial charge on any atom is -0.499 e. The Morgan fingerprint density at radius 2 is 0.855 bits per heavy atom. The van der Waals surface area contributed by atoms with Crippen molar-refractivity contribution in [3.8, 4) is 0 Å². The lowest BCUT2D eigenvalue weighted by molar-refractivity contribution is -0.123. The van der Waals surface area contributed by atoms with Crippen molar-refractivity contribution < 1.29 is 49.4 Å². The summed E-state index contributed by atoms with van der Waals surface area (Å²) in [5.74, 6) is 1.96. The van der Waals surface area contributed by atoms with E-state index in [4.69, 9.17) is 19.4 Å². The van der Waals surface area contributed by atoms with E-state index in [1.54, 1.807) is 14.1 Å². The molecule has 1 amide bonds. The number of carbonyl (C=O) groups is 3. The molecule has 0 aliphatic heterocycles. The van der Waals surface area contributed by atoms with Crippen LogP contribution in [0.25, 0.3) is 0 Å². The van der Waals surface area contributed by atoms with Gasteiger partial charge in [-0.25, -0.2) is 0 Å². The molecule has 0 heterocycles. The number of unbranched alkanes of at least 4 members (excludes halogenated alkanes) is 16. The lowest BCUT2D eigenvalue weighted by Gasteiger charge is -2.27. The van der Waals surface area contributed by atoms with Crippen molar-refractivity contribution >= 4 is 18.2 Å². The van der Waals surface area contributed by atoms with Gasteiger partial charge in [-0.1, -0.05) is 143 Å². The van der Waals surface area contributed by atoms with Crippen LogP contribution in [-0.2, 0) is 23.9 Å². The van der Waals surface area contributed by atoms with Crippen molar-refractivity contribution in [1.82, 2.24) is 20.4 Å². The van der Waals surface area contributed by atoms with Gasteiger partial charge < -0.3 is 45.6 Å². The minimum atomic E-state index is -0.495. The zero-order chi connectivity index (χ0) is 57.3. The van der Waals surface area contributed by atoms with Crippen LogP contribution in [0.5, 0.6) is 0 Å². The maximum atomic E-state index is 12.1. The first-order valence-corrected chi connectivity index (χ1v) is 30.6. The molecule has 5 unspecified atom stereocenters. The highest BCUT2D eigenvalue weighted by molar-refractivity contribution is 5.81. The summed E-state index contributed by atoms with van der Waals surface area (Å²) in [6, 6.07) is -0.193. The first-order valence-electron chi connectivity index (χ1n) is 30.6. The third kappa shape index (κ3) is 55.9. The van der Waals surface area contributed by atoms with Crippen molar-refractivity contribution in [2.24, 2.45) is 0 Å². The van der Waals surface area contributed by atoms with Crippen molar-refractivity contribution in [3.63, 3.8) is 0 Å². The molecule has 450 valence electrons. The van der Waals surface area contributed by atoms with Crippen LogP contribution in [0.2, 0.25) is 0 Å². The van der Waals surface area contributed by atoms with Crippen molar-refractivity contribution in [3.05, 3.63) is 37.3 Å². The van der Waals surface area contributed by atoms with E-state index in [2.05, 4.69) is 67.9 Å². The molecule has 0 spiro atoms. The van der Waals surface area contributed by atoms with E-state index in [0.717, 1.165) is 173 Å². The number of aliphatic hydroxyl groups excluding tert-OH is 4. The van der Waals surface area contributed by atoms with Crippen molar-refractivity contribution in [2.45, 2.75) is 276 Å². The number of ketones is 1. The second-order valence-electron chi connectivity index (χ2n) is 21.1. The minimum absolute atomic E-state index is 0.00375. The number of hydrogen-bond acceptors (Lipinski definition) is 12. The van der Waals surface area contributed by atoms with E-state index in [9.17, 15) is 30.0 Å². The molecule has 0 aromatic carbocycles.